The number of nitrogens with zero attached hydrogens (tertiary/aromatic N) is 5. The first-order chi connectivity index (χ1) is 17.1. The van der Waals surface area contributed by atoms with E-state index in [2.05, 4.69) is 64.1 Å². The van der Waals surface area contributed by atoms with E-state index >= 15 is 0 Å². The average Bonchev–Trinajstić information content (AvgIpc) is 3.04. The van der Waals surface area contributed by atoms with Gasteiger partial charge < -0.3 is 4.90 Å². The maximum atomic E-state index is 14.2. The number of benzene rings is 1. The molecule has 0 N–H and O–H groups in total. The molecule has 6 heteroatoms. The van der Waals surface area contributed by atoms with Gasteiger partial charge in [-0.2, -0.15) is 0 Å². The molecule has 2 saturated heterocycles. The molecule has 3 fully saturated rings. The van der Waals surface area contributed by atoms with Crippen molar-refractivity contribution in [2.75, 3.05) is 7.05 Å². The molecule has 0 spiro atoms. The first-order valence-corrected chi connectivity index (χ1v) is 12.9. The molecule has 2 aliphatic heterocycles. The van der Waals surface area contributed by atoms with Crippen molar-refractivity contribution >= 4 is 5.91 Å². The minimum Gasteiger partial charge on any atom is -0.329 e. The lowest BCUT2D eigenvalue weighted by Crippen LogP contribution is -2.58. The normalized spacial score (nSPS) is 30.2. The van der Waals surface area contributed by atoms with Gasteiger partial charge in [-0.1, -0.05) is 56.2 Å². The Morgan fingerprint density at radius 2 is 1.74 bits per heavy atom. The number of piperidine rings is 1. The molecular formula is C29H33N5O. The molecule has 2 aromatic heterocycles. The fourth-order valence-electron chi connectivity index (χ4n) is 7.26. The number of rotatable bonds is 4. The van der Waals surface area contributed by atoms with E-state index in [9.17, 15) is 4.79 Å². The fourth-order valence-corrected chi connectivity index (χ4v) is 7.26. The van der Waals surface area contributed by atoms with Crippen molar-refractivity contribution in [2.24, 2.45) is 5.41 Å². The summed E-state index contributed by atoms with van der Waals surface area (Å²) in [5.74, 6) is 0.0661. The highest BCUT2D eigenvalue weighted by Gasteiger charge is 2.62. The number of aromatic nitrogens is 3. The molecule has 3 aliphatic rings. The minimum atomic E-state index is 0.0661. The molecule has 5 atom stereocenters. The van der Waals surface area contributed by atoms with Crippen LogP contribution in [0.5, 0.6) is 0 Å². The molecule has 0 radical (unpaired) electrons. The number of carbonyl (C=O) groups excluding carboxylic acids is 1. The van der Waals surface area contributed by atoms with Crippen LogP contribution < -0.4 is 0 Å². The van der Waals surface area contributed by atoms with Crippen molar-refractivity contribution in [1.82, 2.24) is 24.8 Å². The van der Waals surface area contributed by atoms with Gasteiger partial charge in [-0.05, 0) is 50.4 Å². The van der Waals surface area contributed by atoms with E-state index in [1.165, 1.54) is 31.2 Å². The number of fused-ring (bicyclic) bond motifs is 1. The highest BCUT2D eigenvalue weighted by atomic mass is 16.2. The highest BCUT2D eigenvalue weighted by Crippen LogP contribution is 2.55. The molecule has 35 heavy (non-hydrogen) atoms. The van der Waals surface area contributed by atoms with Crippen LogP contribution in [0.1, 0.15) is 55.1 Å². The van der Waals surface area contributed by atoms with Gasteiger partial charge in [0.1, 0.15) is 12.0 Å². The maximum absolute atomic E-state index is 14.2. The summed E-state index contributed by atoms with van der Waals surface area (Å²) in [5, 5.41) is 0. The molecule has 4 heterocycles. The second-order valence-electron chi connectivity index (χ2n) is 10.8. The van der Waals surface area contributed by atoms with E-state index in [-0.39, 0.29) is 23.4 Å². The third-order valence-electron chi connectivity index (χ3n) is 8.88. The number of carbonyl (C=O) groups is 1. The van der Waals surface area contributed by atoms with E-state index in [1.54, 1.807) is 12.4 Å². The zero-order valence-corrected chi connectivity index (χ0v) is 20.5. The Balaban J connectivity index is 1.39. The summed E-state index contributed by atoms with van der Waals surface area (Å²) >= 11 is 0. The van der Waals surface area contributed by atoms with Crippen LogP contribution in [0.25, 0.3) is 11.3 Å². The Hall–Kier alpha value is -3.12. The number of amides is 1. The fraction of sp³-hybridized carbons (Fsp3) is 0.448. The Morgan fingerprint density at radius 3 is 2.51 bits per heavy atom. The summed E-state index contributed by atoms with van der Waals surface area (Å²) in [6.45, 7) is 2.44. The van der Waals surface area contributed by atoms with Crippen LogP contribution in [0, 0.1) is 5.41 Å². The van der Waals surface area contributed by atoms with Crippen LogP contribution in [0.2, 0.25) is 0 Å². The number of likely N-dealkylation sites (tertiary alicyclic amines) is 2. The van der Waals surface area contributed by atoms with Crippen LogP contribution in [0.3, 0.4) is 0 Å². The summed E-state index contributed by atoms with van der Waals surface area (Å²) in [6, 6.07) is 17.7. The zero-order valence-electron chi connectivity index (χ0n) is 20.5. The molecule has 1 aromatic carbocycles. The highest BCUT2D eigenvalue weighted by molar-refractivity contribution is 5.93. The van der Waals surface area contributed by atoms with E-state index < -0.39 is 0 Å². The molecule has 2 bridgehead atoms. The smallest absolute Gasteiger partial charge is 0.273 e. The van der Waals surface area contributed by atoms with Crippen molar-refractivity contribution in [3.63, 3.8) is 0 Å². The number of hydrogen-bond acceptors (Lipinski definition) is 5. The Bertz CT molecular complexity index is 1200. The lowest BCUT2D eigenvalue weighted by molar-refractivity contribution is 0.0155. The van der Waals surface area contributed by atoms with E-state index in [4.69, 9.17) is 4.98 Å². The van der Waals surface area contributed by atoms with Crippen molar-refractivity contribution in [3.05, 3.63) is 78.5 Å². The second kappa shape index (κ2) is 8.83. The van der Waals surface area contributed by atoms with Gasteiger partial charge in [-0.25, -0.2) is 15.0 Å². The summed E-state index contributed by atoms with van der Waals surface area (Å²) in [4.78, 5) is 32.2. The molecular weight excluding hydrogens is 434 g/mol. The van der Waals surface area contributed by atoms with Gasteiger partial charge in [0.2, 0.25) is 0 Å². The first kappa shape index (κ1) is 22.4. The molecule has 6 nitrogen and oxygen atoms in total. The number of likely N-dealkylation sites (N-methyl/N-ethyl adjacent to an activating group) is 1. The van der Waals surface area contributed by atoms with Gasteiger partial charge in [-0.15, -0.1) is 0 Å². The molecule has 1 saturated carbocycles. The first-order valence-electron chi connectivity index (χ1n) is 12.9. The van der Waals surface area contributed by atoms with Gasteiger partial charge in [0.05, 0.1) is 5.69 Å². The van der Waals surface area contributed by atoms with Crippen LogP contribution in [-0.2, 0) is 6.42 Å². The summed E-state index contributed by atoms with van der Waals surface area (Å²) in [6.07, 6.45) is 11.7. The summed E-state index contributed by atoms with van der Waals surface area (Å²) in [5.41, 5.74) is 3.53. The van der Waals surface area contributed by atoms with E-state index in [0.717, 1.165) is 30.5 Å². The predicted octanol–water partition coefficient (Wildman–Crippen LogP) is 4.63. The number of pyridine rings is 1. The van der Waals surface area contributed by atoms with E-state index in [0.29, 0.717) is 17.8 Å². The predicted molar refractivity (Wildman–Crippen MR) is 136 cm³/mol. The standard InChI is InChI=1S/C29H33N5O/c1-29-16-25-24(15-20-9-4-3-5-10-20)33(2)26(29)13-6-7-14-27(29)34(25)28(35)23-12-8-11-22(32-23)21-17-30-19-31-18-21/h3-5,8-12,17-19,24-27H,6-7,13-16H2,1-2H3/t24-,25+,26-,27+,29-/m1/s1. The van der Waals surface area contributed by atoms with Crippen LogP contribution in [0.4, 0.5) is 0 Å². The largest absolute Gasteiger partial charge is 0.329 e. The van der Waals surface area contributed by atoms with Gasteiger partial charge in [0, 0.05) is 47.5 Å². The van der Waals surface area contributed by atoms with Gasteiger partial charge in [-0.3, -0.25) is 9.69 Å². The van der Waals surface area contributed by atoms with Crippen molar-refractivity contribution < 1.29 is 4.79 Å². The van der Waals surface area contributed by atoms with Crippen LogP contribution >= 0.6 is 0 Å². The third-order valence-corrected chi connectivity index (χ3v) is 8.88. The molecule has 3 aromatic rings. The third kappa shape index (κ3) is 3.75. The summed E-state index contributed by atoms with van der Waals surface area (Å²) in [7, 11) is 2.30. The van der Waals surface area contributed by atoms with Gasteiger partial charge >= 0.3 is 0 Å². The molecule has 180 valence electrons. The molecule has 6 rings (SSSR count). The number of hydrogen-bond donors (Lipinski definition) is 0. The quantitative estimate of drug-likeness (QED) is 0.560. The average molecular weight is 468 g/mol. The second-order valence-corrected chi connectivity index (χ2v) is 10.8. The monoisotopic (exact) mass is 467 g/mol. The van der Waals surface area contributed by atoms with Crippen LogP contribution in [-0.4, -0.2) is 61.9 Å². The van der Waals surface area contributed by atoms with Crippen molar-refractivity contribution in [2.45, 2.75) is 69.6 Å². The molecule has 1 aliphatic carbocycles. The Labute approximate surface area is 207 Å². The SMILES string of the molecule is CN1[C@H](Cc2ccccc2)[C@@H]2C[C@@]3(C)[C@H](CCCC[C@@H]13)N2C(=O)c1cccc(-c2cncnc2)n1. The molecule has 1 amide bonds. The maximum Gasteiger partial charge on any atom is 0.273 e. The minimum absolute atomic E-state index is 0.0661. The van der Waals surface area contributed by atoms with Crippen LogP contribution in [0.15, 0.2) is 67.3 Å². The van der Waals surface area contributed by atoms with Gasteiger partial charge in [0.25, 0.3) is 5.91 Å². The topological polar surface area (TPSA) is 62.2 Å². The lowest BCUT2D eigenvalue weighted by Gasteiger charge is -2.49. The molecule has 0 unspecified atom stereocenters. The Kier molecular flexibility index (Phi) is 5.64. The summed E-state index contributed by atoms with van der Waals surface area (Å²) < 4.78 is 0. The van der Waals surface area contributed by atoms with Crippen molar-refractivity contribution in [1.29, 1.82) is 0 Å². The van der Waals surface area contributed by atoms with E-state index in [1.807, 2.05) is 18.2 Å². The van der Waals surface area contributed by atoms with Gasteiger partial charge in [0.15, 0.2) is 0 Å². The zero-order chi connectivity index (χ0) is 24.0. The lowest BCUT2D eigenvalue weighted by atomic mass is 9.69. The Morgan fingerprint density at radius 1 is 1.00 bits per heavy atom. The van der Waals surface area contributed by atoms with Crippen molar-refractivity contribution in [3.8, 4) is 11.3 Å².